The van der Waals surface area contributed by atoms with Crippen LogP contribution >= 0.6 is 22.9 Å². The van der Waals surface area contributed by atoms with Crippen molar-refractivity contribution >= 4 is 46.6 Å². The zero-order valence-electron chi connectivity index (χ0n) is 34.4. The number of carbonyl (C=O) groups is 3. The summed E-state index contributed by atoms with van der Waals surface area (Å²) in [7, 11) is 1.63. The van der Waals surface area contributed by atoms with Crippen molar-refractivity contribution in [3.8, 4) is 11.5 Å². The second-order valence-corrected chi connectivity index (χ2v) is 18.5. The minimum atomic E-state index is -0.817. The standard InChI is InChI=1S/C43H54ClFN4O7S/c1-25-15-18-31(45)38(37(25)44)54-19-11-14-35-46-21-34(57-35)30-20-29-23-47(40(51)55-42(3,4)5)24-32(49(29)41(52)56-43(6,7)8)36(30)39(50)48(28-16-17-28)22-27-12-10-13-33(53-9)26(27)2/h10,12-13,15,18,21,28-29,32H,11,14,16-17,19-20,22-24H2,1-9H3/t29?,32-/m1/s1. The van der Waals surface area contributed by atoms with Gasteiger partial charge in [-0.3, -0.25) is 9.69 Å². The molecule has 57 heavy (non-hydrogen) atoms. The third-order valence-electron chi connectivity index (χ3n) is 10.2. The molecule has 0 radical (unpaired) electrons. The fourth-order valence-electron chi connectivity index (χ4n) is 7.35. The van der Waals surface area contributed by atoms with Gasteiger partial charge >= 0.3 is 12.2 Å². The summed E-state index contributed by atoms with van der Waals surface area (Å²) >= 11 is 7.80. The summed E-state index contributed by atoms with van der Waals surface area (Å²) in [5, 5.41) is 1.08. The molecule has 2 fully saturated rings. The fourth-order valence-corrected chi connectivity index (χ4v) is 8.58. The van der Waals surface area contributed by atoms with Crippen LogP contribution in [-0.2, 0) is 27.2 Å². The van der Waals surface area contributed by atoms with Crippen molar-refractivity contribution in [3.63, 3.8) is 0 Å². The Hall–Kier alpha value is -4.36. The number of benzene rings is 2. The molecule has 1 unspecified atom stereocenters. The second kappa shape index (κ2) is 16.9. The van der Waals surface area contributed by atoms with Gasteiger partial charge in [-0.05, 0) is 115 Å². The molecule has 1 saturated carbocycles. The van der Waals surface area contributed by atoms with E-state index in [0.29, 0.717) is 31.4 Å². The molecular weight excluding hydrogens is 771 g/mol. The molecule has 1 aromatic heterocycles. The first-order valence-corrected chi connectivity index (χ1v) is 20.7. The minimum Gasteiger partial charge on any atom is -0.496 e. The number of amides is 3. The lowest BCUT2D eigenvalue weighted by atomic mass is 9.83. The quantitative estimate of drug-likeness (QED) is 0.176. The number of ether oxygens (including phenoxy) is 4. The number of methoxy groups -OCH3 is 1. The van der Waals surface area contributed by atoms with Crippen molar-refractivity contribution < 1.29 is 37.7 Å². The molecule has 3 heterocycles. The minimum absolute atomic E-state index is 0.0128. The molecule has 2 bridgehead atoms. The highest BCUT2D eigenvalue weighted by molar-refractivity contribution is 7.12. The van der Waals surface area contributed by atoms with Gasteiger partial charge in [0, 0.05) is 43.9 Å². The normalized spacial score (nSPS) is 18.4. The lowest BCUT2D eigenvalue weighted by Gasteiger charge is -2.51. The average molecular weight is 825 g/mol. The topological polar surface area (TPSA) is 111 Å². The fraction of sp³-hybridized carbons (Fsp3) is 0.535. The van der Waals surface area contributed by atoms with Gasteiger partial charge in [-0.25, -0.2) is 19.0 Å². The molecule has 1 saturated heterocycles. The number of aromatic nitrogens is 1. The first-order chi connectivity index (χ1) is 26.8. The van der Waals surface area contributed by atoms with E-state index in [1.54, 1.807) is 36.1 Å². The molecule has 0 spiro atoms. The van der Waals surface area contributed by atoms with Gasteiger partial charge in [-0.2, -0.15) is 0 Å². The van der Waals surface area contributed by atoms with Gasteiger partial charge in [0.1, 0.15) is 17.0 Å². The molecule has 2 aromatic carbocycles. The number of piperazine rings is 1. The number of rotatable bonds is 11. The maximum absolute atomic E-state index is 15.4. The van der Waals surface area contributed by atoms with Crippen LogP contribution in [0.25, 0.3) is 5.57 Å². The lowest BCUT2D eigenvalue weighted by Crippen LogP contribution is -2.66. The summed E-state index contributed by atoms with van der Waals surface area (Å²) in [4.78, 5) is 53.9. The summed E-state index contributed by atoms with van der Waals surface area (Å²) in [5.41, 5.74) is 2.36. The zero-order valence-corrected chi connectivity index (χ0v) is 35.9. The number of thiazole rings is 1. The van der Waals surface area contributed by atoms with E-state index in [1.165, 1.54) is 17.4 Å². The van der Waals surface area contributed by atoms with Crippen LogP contribution in [0.3, 0.4) is 0 Å². The molecule has 2 atom stereocenters. The highest BCUT2D eigenvalue weighted by atomic mass is 35.5. The maximum Gasteiger partial charge on any atom is 0.411 e. The van der Waals surface area contributed by atoms with E-state index in [2.05, 4.69) is 0 Å². The highest BCUT2D eigenvalue weighted by Gasteiger charge is 2.51. The molecule has 2 aliphatic heterocycles. The highest BCUT2D eigenvalue weighted by Crippen LogP contribution is 2.43. The van der Waals surface area contributed by atoms with Crippen LogP contribution in [0.2, 0.25) is 5.02 Å². The molecule has 3 aromatic rings. The summed E-state index contributed by atoms with van der Waals surface area (Å²) in [6.45, 7) is 15.5. The van der Waals surface area contributed by atoms with Crippen LogP contribution in [0.4, 0.5) is 14.0 Å². The smallest absolute Gasteiger partial charge is 0.411 e. The van der Waals surface area contributed by atoms with E-state index in [-0.39, 0.29) is 42.4 Å². The molecule has 11 nitrogen and oxygen atoms in total. The summed E-state index contributed by atoms with van der Waals surface area (Å²) in [5.74, 6) is 0.0693. The number of hydrogen-bond donors (Lipinski definition) is 0. The van der Waals surface area contributed by atoms with Crippen molar-refractivity contribution in [2.45, 2.75) is 123 Å². The summed E-state index contributed by atoms with van der Waals surface area (Å²) in [6, 6.07) is 7.48. The van der Waals surface area contributed by atoms with Crippen LogP contribution in [0.15, 0.2) is 42.1 Å². The number of carbonyl (C=O) groups excluding carboxylic acids is 3. The Kier molecular flexibility index (Phi) is 12.5. The van der Waals surface area contributed by atoms with E-state index in [0.717, 1.165) is 50.7 Å². The Morgan fingerprint density at radius 1 is 1.00 bits per heavy atom. The molecule has 0 N–H and O–H groups in total. The SMILES string of the molecule is COc1cccc(CN(C(=O)C2=C(c3cnc(CCCOc4c(F)ccc(C)c4Cl)s3)CC3CN(C(=O)OC(C)(C)C)C[C@H]2N3C(=O)OC(C)(C)C)C2CC2)c1C. The number of halogens is 2. The van der Waals surface area contributed by atoms with Crippen molar-refractivity contribution in [2.24, 2.45) is 0 Å². The van der Waals surface area contributed by atoms with Crippen LogP contribution in [0, 0.1) is 19.7 Å². The van der Waals surface area contributed by atoms with Gasteiger partial charge in [-0.15, -0.1) is 11.3 Å². The maximum atomic E-state index is 15.4. The van der Waals surface area contributed by atoms with Crippen molar-refractivity contribution in [2.75, 3.05) is 26.8 Å². The predicted molar refractivity (Wildman–Crippen MR) is 218 cm³/mol. The third-order valence-corrected chi connectivity index (χ3v) is 11.8. The zero-order chi connectivity index (χ0) is 41.4. The van der Waals surface area contributed by atoms with E-state index in [4.69, 9.17) is 35.5 Å². The molecule has 308 valence electrons. The second-order valence-electron chi connectivity index (χ2n) is 17.0. The molecule has 3 aliphatic rings. The van der Waals surface area contributed by atoms with Gasteiger partial charge in [0.15, 0.2) is 11.6 Å². The Balaban J connectivity index is 1.38. The molecule has 6 rings (SSSR count). The van der Waals surface area contributed by atoms with Gasteiger partial charge in [-0.1, -0.05) is 29.8 Å². The van der Waals surface area contributed by atoms with Crippen molar-refractivity contribution in [3.05, 3.63) is 79.5 Å². The first-order valence-electron chi connectivity index (χ1n) is 19.5. The number of fused-ring (bicyclic) bond motifs is 2. The summed E-state index contributed by atoms with van der Waals surface area (Å²) in [6.07, 6.45) is 3.86. The molecule has 14 heteroatoms. The van der Waals surface area contributed by atoms with Crippen LogP contribution in [-0.4, -0.2) is 93.9 Å². The van der Waals surface area contributed by atoms with E-state index in [9.17, 15) is 14.0 Å². The number of aryl methyl sites for hydroxylation is 2. The predicted octanol–water partition coefficient (Wildman–Crippen LogP) is 9.15. The molecule has 1 aliphatic carbocycles. The lowest BCUT2D eigenvalue weighted by molar-refractivity contribution is -0.129. The van der Waals surface area contributed by atoms with Crippen LogP contribution < -0.4 is 9.47 Å². The van der Waals surface area contributed by atoms with Gasteiger partial charge in [0.05, 0.1) is 40.7 Å². The Morgan fingerprint density at radius 2 is 1.70 bits per heavy atom. The van der Waals surface area contributed by atoms with Gasteiger partial charge < -0.3 is 28.7 Å². The largest absolute Gasteiger partial charge is 0.496 e. The third kappa shape index (κ3) is 9.85. The monoisotopic (exact) mass is 824 g/mol. The Bertz CT molecular complexity index is 2040. The Labute approximate surface area is 344 Å². The molecule has 3 amide bonds. The average Bonchev–Trinajstić information content (AvgIpc) is 3.86. The van der Waals surface area contributed by atoms with E-state index in [1.807, 2.05) is 71.6 Å². The first kappa shape index (κ1) is 42.3. The van der Waals surface area contributed by atoms with E-state index >= 15 is 4.79 Å². The van der Waals surface area contributed by atoms with Crippen LogP contribution in [0.5, 0.6) is 11.5 Å². The van der Waals surface area contributed by atoms with Crippen molar-refractivity contribution in [1.82, 2.24) is 19.7 Å². The Morgan fingerprint density at radius 3 is 2.37 bits per heavy atom. The summed E-state index contributed by atoms with van der Waals surface area (Å²) < 4.78 is 37.6. The van der Waals surface area contributed by atoms with Gasteiger partial charge in [0.25, 0.3) is 5.91 Å². The van der Waals surface area contributed by atoms with E-state index < -0.39 is 41.3 Å². The van der Waals surface area contributed by atoms with Crippen LogP contribution in [0.1, 0.15) is 93.8 Å². The van der Waals surface area contributed by atoms with Crippen molar-refractivity contribution in [1.29, 1.82) is 0 Å². The number of hydrogen-bond acceptors (Lipinski definition) is 9. The molecular formula is C43H54ClFN4O7S. The van der Waals surface area contributed by atoms with Gasteiger partial charge in [0.2, 0.25) is 0 Å². The number of nitrogens with zero attached hydrogens (tertiary/aromatic N) is 4.